The maximum Gasteiger partial charge on any atom is 0.120 e. The Bertz CT molecular complexity index is 440. The van der Waals surface area contributed by atoms with E-state index in [1.54, 1.807) is 12.3 Å². The van der Waals surface area contributed by atoms with Crippen LogP contribution in [0.4, 0.5) is 0 Å². The molecule has 0 spiro atoms. The van der Waals surface area contributed by atoms with Crippen molar-refractivity contribution in [3.8, 4) is 5.75 Å². The van der Waals surface area contributed by atoms with Gasteiger partial charge < -0.3 is 10.4 Å². The maximum absolute atomic E-state index is 9.56. The van der Waals surface area contributed by atoms with E-state index >= 15 is 0 Å². The minimum atomic E-state index is 0.354. The molecule has 1 heterocycles. The van der Waals surface area contributed by atoms with Gasteiger partial charge >= 0.3 is 0 Å². The van der Waals surface area contributed by atoms with Gasteiger partial charge in [-0.2, -0.15) is 5.10 Å². The summed E-state index contributed by atoms with van der Waals surface area (Å²) < 4.78 is 1.92. The predicted molar refractivity (Wildman–Crippen MR) is 66.7 cm³/mol. The zero-order chi connectivity index (χ0) is 11.9. The predicted octanol–water partition coefficient (Wildman–Crippen LogP) is 1.77. The molecule has 17 heavy (non-hydrogen) atoms. The molecular formula is C13H17N3O. The summed E-state index contributed by atoms with van der Waals surface area (Å²) in [6.07, 6.45) is 4.77. The van der Waals surface area contributed by atoms with Gasteiger partial charge in [-0.3, -0.25) is 4.68 Å². The maximum atomic E-state index is 9.56. The first kappa shape index (κ1) is 11.7. The van der Waals surface area contributed by atoms with Crippen molar-refractivity contribution in [3.63, 3.8) is 0 Å². The third kappa shape index (κ3) is 3.60. The number of phenolic OH excluding ortho intramolecular Hbond substituents is 1. The molecule has 0 aliphatic carbocycles. The summed E-state index contributed by atoms with van der Waals surface area (Å²) in [6.45, 7) is 2.53. The number of rotatable bonds is 6. The number of benzene rings is 1. The molecule has 0 aliphatic rings. The molecule has 0 atom stereocenters. The minimum absolute atomic E-state index is 0.354. The number of aromatic nitrogens is 2. The largest absolute Gasteiger partial charge is 0.508 e. The lowest BCUT2D eigenvalue weighted by atomic mass is 10.2. The highest BCUT2D eigenvalue weighted by Crippen LogP contribution is 2.14. The van der Waals surface area contributed by atoms with Crippen molar-refractivity contribution in [1.82, 2.24) is 15.1 Å². The van der Waals surface area contributed by atoms with Crippen molar-refractivity contribution in [2.75, 3.05) is 6.54 Å². The zero-order valence-corrected chi connectivity index (χ0v) is 9.71. The number of phenols is 1. The molecule has 0 aliphatic heterocycles. The van der Waals surface area contributed by atoms with Gasteiger partial charge in [-0.25, -0.2) is 0 Å². The molecule has 1 aromatic heterocycles. The first-order valence-corrected chi connectivity index (χ1v) is 5.81. The van der Waals surface area contributed by atoms with Gasteiger partial charge in [0.25, 0.3) is 0 Å². The van der Waals surface area contributed by atoms with E-state index in [0.717, 1.165) is 25.1 Å². The van der Waals surface area contributed by atoms with Crippen LogP contribution in [0.5, 0.6) is 5.75 Å². The molecule has 0 radical (unpaired) electrons. The van der Waals surface area contributed by atoms with Gasteiger partial charge in [0.1, 0.15) is 5.75 Å². The Morgan fingerprint density at radius 1 is 1.24 bits per heavy atom. The summed E-state index contributed by atoms with van der Waals surface area (Å²) in [5.41, 5.74) is 0.937. The number of nitrogens with zero attached hydrogens (tertiary/aromatic N) is 2. The van der Waals surface area contributed by atoms with Gasteiger partial charge in [0.2, 0.25) is 0 Å². The van der Waals surface area contributed by atoms with Gasteiger partial charge in [-0.05, 0) is 25.1 Å². The third-order valence-electron chi connectivity index (χ3n) is 2.61. The molecule has 2 N–H and O–H groups in total. The van der Waals surface area contributed by atoms with E-state index in [1.165, 1.54) is 0 Å². The Morgan fingerprint density at radius 2 is 2.12 bits per heavy atom. The number of aromatic hydroxyl groups is 1. The van der Waals surface area contributed by atoms with Crippen molar-refractivity contribution in [2.24, 2.45) is 0 Å². The molecular weight excluding hydrogens is 214 g/mol. The van der Waals surface area contributed by atoms with Crippen LogP contribution < -0.4 is 5.32 Å². The molecule has 0 bridgehead atoms. The second kappa shape index (κ2) is 6.06. The summed E-state index contributed by atoms with van der Waals surface area (Å²) in [6, 6.07) is 9.32. The molecule has 0 saturated heterocycles. The zero-order valence-electron chi connectivity index (χ0n) is 9.71. The molecule has 2 rings (SSSR count). The Labute approximate surface area is 101 Å². The SMILES string of the molecule is Oc1ccccc1CNCCCn1cccn1. The monoisotopic (exact) mass is 231 g/mol. The second-order valence-corrected chi connectivity index (χ2v) is 3.93. The minimum Gasteiger partial charge on any atom is -0.508 e. The first-order valence-electron chi connectivity index (χ1n) is 5.81. The van der Waals surface area contributed by atoms with Crippen molar-refractivity contribution in [2.45, 2.75) is 19.5 Å². The van der Waals surface area contributed by atoms with Crippen molar-refractivity contribution >= 4 is 0 Å². The van der Waals surface area contributed by atoms with E-state index in [2.05, 4.69) is 10.4 Å². The normalized spacial score (nSPS) is 10.6. The number of aryl methyl sites for hydroxylation is 1. The fourth-order valence-electron chi connectivity index (χ4n) is 1.68. The van der Waals surface area contributed by atoms with Gasteiger partial charge in [0.05, 0.1) is 0 Å². The number of hydrogen-bond donors (Lipinski definition) is 2. The van der Waals surface area contributed by atoms with E-state index in [0.29, 0.717) is 12.3 Å². The number of para-hydroxylation sites is 1. The van der Waals surface area contributed by atoms with Crippen molar-refractivity contribution < 1.29 is 5.11 Å². The van der Waals surface area contributed by atoms with Gasteiger partial charge in [0, 0.05) is 31.0 Å². The standard InChI is InChI=1S/C13H17N3O/c17-13-6-2-1-5-12(13)11-14-7-3-9-16-10-4-8-15-16/h1-2,4-6,8,10,14,17H,3,7,9,11H2. The van der Waals surface area contributed by atoms with Crippen LogP contribution in [0.3, 0.4) is 0 Å². The lowest BCUT2D eigenvalue weighted by Crippen LogP contribution is -2.16. The summed E-state index contributed by atoms with van der Waals surface area (Å²) in [5, 5.41) is 17.0. The summed E-state index contributed by atoms with van der Waals surface area (Å²) >= 11 is 0. The molecule has 1 aromatic carbocycles. The first-order chi connectivity index (χ1) is 8.36. The van der Waals surface area contributed by atoms with Crippen LogP contribution in [-0.4, -0.2) is 21.4 Å². The molecule has 0 amide bonds. The molecule has 0 saturated carbocycles. The summed E-state index contributed by atoms with van der Waals surface area (Å²) in [7, 11) is 0. The highest BCUT2D eigenvalue weighted by atomic mass is 16.3. The second-order valence-electron chi connectivity index (χ2n) is 3.93. The lowest BCUT2D eigenvalue weighted by Gasteiger charge is -2.06. The Kier molecular flexibility index (Phi) is 4.16. The average Bonchev–Trinajstić information content (AvgIpc) is 2.84. The molecule has 0 fully saturated rings. The Balaban J connectivity index is 1.65. The third-order valence-corrected chi connectivity index (χ3v) is 2.61. The molecule has 4 nitrogen and oxygen atoms in total. The average molecular weight is 231 g/mol. The van der Waals surface area contributed by atoms with Crippen LogP contribution in [-0.2, 0) is 13.1 Å². The Hall–Kier alpha value is -1.81. The quantitative estimate of drug-likeness (QED) is 0.745. The highest BCUT2D eigenvalue weighted by Gasteiger charge is 1.98. The van der Waals surface area contributed by atoms with Crippen molar-refractivity contribution in [1.29, 1.82) is 0 Å². The molecule has 0 unspecified atom stereocenters. The van der Waals surface area contributed by atoms with Gasteiger partial charge in [-0.15, -0.1) is 0 Å². The van der Waals surface area contributed by atoms with E-state index in [1.807, 2.05) is 35.1 Å². The molecule has 4 heteroatoms. The number of hydrogen-bond acceptors (Lipinski definition) is 3. The van der Waals surface area contributed by atoms with Crippen LogP contribution in [0, 0.1) is 0 Å². The van der Waals surface area contributed by atoms with Crippen molar-refractivity contribution in [3.05, 3.63) is 48.3 Å². The smallest absolute Gasteiger partial charge is 0.120 e. The topological polar surface area (TPSA) is 50.1 Å². The van der Waals surface area contributed by atoms with Gasteiger partial charge in [0.15, 0.2) is 0 Å². The van der Waals surface area contributed by atoms with E-state index in [9.17, 15) is 5.11 Å². The van der Waals surface area contributed by atoms with Crippen LogP contribution in [0.25, 0.3) is 0 Å². The Morgan fingerprint density at radius 3 is 2.88 bits per heavy atom. The van der Waals surface area contributed by atoms with Crippen LogP contribution in [0.1, 0.15) is 12.0 Å². The highest BCUT2D eigenvalue weighted by molar-refractivity contribution is 5.31. The fourth-order valence-corrected chi connectivity index (χ4v) is 1.68. The molecule has 2 aromatic rings. The fraction of sp³-hybridized carbons (Fsp3) is 0.308. The van der Waals surface area contributed by atoms with E-state index in [-0.39, 0.29) is 0 Å². The number of nitrogens with one attached hydrogen (secondary N) is 1. The van der Waals surface area contributed by atoms with Crippen LogP contribution in [0.2, 0.25) is 0 Å². The van der Waals surface area contributed by atoms with E-state index < -0.39 is 0 Å². The van der Waals surface area contributed by atoms with Gasteiger partial charge in [-0.1, -0.05) is 18.2 Å². The summed E-state index contributed by atoms with van der Waals surface area (Å²) in [5.74, 6) is 0.354. The molecule has 90 valence electrons. The lowest BCUT2D eigenvalue weighted by molar-refractivity contribution is 0.462. The summed E-state index contributed by atoms with van der Waals surface area (Å²) in [4.78, 5) is 0. The van der Waals surface area contributed by atoms with Crippen LogP contribution in [0.15, 0.2) is 42.7 Å². The van der Waals surface area contributed by atoms with Crippen LogP contribution >= 0.6 is 0 Å². The van der Waals surface area contributed by atoms with E-state index in [4.69, 9.17) is 0 Å².